The first kappa shape index (κ1) is 10.7. The van der Waals surface area contributed by atoms with E-state index in [0.717, 1.165) is 25.9 Å². The summed E-state index contributed by atoms with van der Waals surface area (Å²) in [5, 5.41) is 18.0. The van der Waals surface area contributed by atoms with E-state index in [2.05, 4.69) is 4.90 Å². The first-order valence-corrected chi connectivity index (χ1v) is 5.53. The van der Waals surface area contributed by atoms with Crippen molar-refractivity contribution in [3.05, 3.63) is 0 Å². The van der Waals surface area contributed by atoms with Gasteiger partial charge in [0.05, 0.1) is 0 Å². The van der Waals surface area contributed by atoms with E-state index in [9.17, 15) is 4.79 Å². The lowest BCUT2D eigenvalue weighted by Gasteiger charge is -2.45. The molecule has 2 aliphatic rings. The van der Waals surface area contributed by atoms with Gasteiger partial charge in [0.2, 0.25) is 0 Å². The van der Waals surface area contributed by atoms with E-state index in [1.165, 1.54) is 4.90 Å². The average Bonchev–Trinajstić information content (AvgIpc) is 2.27. The molecule has 2 heterocycles. The molecule has 2 rings (SSSR count). The molecule has 5 heteroatoms. The molecule has 2 unspecified atom stereocenters. The molecule has 86 valence electrons. The third-order valence-corrected chi connectivity index (χ3v) is 3.53. The average molecular weight is 214 g/mol. The Kier molecular flexibility index (Phi) is 3.11. The van der Waals surface area contributed by atoms with E-state index >= 15 is 0 Å². The smallest absolute Gasteiger partial charge is 0.407 e. The molecule has 2 atom stereocenters. The number of aliphatic hydroxyl groups is 1. The quantitative estimate of drug-likeness (QED) is 0.647. The molecule has 0 aromatic carbocycles. The summed E-state index contributed by atoms with van der Waals surface area (Å²) < 4.78 is 0. The van der Waals surface area contributed by atoms with Crippen molar-refractivity contribution in [2.24, 2.45) is 5.92 Å². The first-order valence-electron chi connectivity index (χ1n) is 5.53. The van der Waals surface area contributed by atoms with E-state index in [1.54, 1.807) is 0 Å². The summed E-state index contributed by atoms with van der Waals surface area (Å²) in [6, 6.07) is 0.373. The highest BCUT2D eigenvalue weighted by Gasteiger charge is 2.33. The third-order valence-electron chi connectivity index (χ3n) is 3.53. The van der Waals surface area contributed by atoms with Gasteiger partial charge in [-0.1, -0.05) is 0 Å². The summed E-state index contributed by atoms with van der Waals surface area (Å²) in [5.41, 5.74) is 0. The van der Waals surface area contributed by atoms with E-state index in [0.29, 0.717) is 25.0 Å². The van der Waals surface area contributed by atoms with Crippen LogP contribution in [0, 0.1) is 5.92 Å². The number of piperidine rings is 1. The lowest BCUT2D eigenvalue weighted by Crippen LogP contribution is -2.57. The summed E-state index contributed by atoms with van der Waals surface area (Å²) >= 11 is 0. The van der Waals surface area contributed by atoms with Crippen LogP contribution in [0.5, 0.6) is 0 Å². The Morgan fingerprint density at radius 1 is 1.27 bits per heavy atom. The number of carboxylic acid groups (broad SMARTS) is 1. The number of rotatable bonds is 1. The van der Waals surface area contributed by atoms with Crippen LogP contribution >= 0.6 is 0 Å². The van der Waals surface area contributed by atoms with Crippen LogP contribution in [0.25, 0.3) is 0 Å². The fourth-order valence-electron chi connectivity index (χ4n) is 2.58. The molecule has 2 N–H and O–H groups in total. The summed E-state index contributed by atoms with van der Waals surface area (Å²) in [5.74, 6) is 0.387. The zero-order valence-electron chi connectivity index (χ0n) is 8.80. The molecule has 0 saturated carbocycles. The zero-order chi connectivity index (χ0) is 10.8. The number of fused-ring (bicyclic) bond motifs is 1. The van der Waals surface area contributed by atoms with Crippen molar-refractivity contribution >= 4 is 6.09 Å². The summed E-state index contributed by atoms with van der Waals surface area (Å²) in [6.45, 7) is 3.23. The number of hydrogen-bond acceptors (Lipinski definition) is 3. The summed E-state index contributed by atoms with van der Waals surface area (Å²) in [7, 11) is 0. The minimum absolute atomic E-state index is 0.256. The van der Waals surface area contributed by atoms with Crippen molar-refractivity contribution in [2.75, 3.05) is 32.8 Å². The zero-order valence-corrected chi connectivity index (χ0v) is 8.80. The van der Waals surface area contributed by atoms with E-state index in [-0.39, 0.29) is 6.61 Å². The van der Waals surface area contributed by atoms with Crippen molar-refractivity contribution in [2.45, 2.75) is 18.9 Å². The molecular formula is C10H18N2O3. The Balaban J connectivity index is 1.91. The summed E-state index contributed by atoms with van der Waals surface area (Å²) in [6.07, 6.45) is 1.22. The normalized spacial score (nSPS) is 32.5. The SMILES string of the molecule is O=C(O)N1CCN2CC(CO)CCC2C1. The van der Waals surface area contributed by atoms with E-state index < -0.39 is 6.09 Å². The van der Waals surface area contributed by atoms with E-state index in [1.807, 2.05) is 0 Å². The molecule has 0 bridgehead atoms. The fraction of sp³-hybridized carbons (Fsp3) is 0.900. The number of nitrogens with zero attached hydrogens (tertiary/aromatic N) is 2. The molecular weight excluding hydrogens is 196 g/mol. The van der Waals surface area contributed by atoms with Crippen molar-refractivity contribution in [1.29, 1.82) is 0 Å². The fourth-order valence-corrected chi connectivity index (χ4v) is 2.58. The monoisotopic (exact) mass is 214 g/mol. The minimum atomic E-state index is -0.807. The lowest BCUT2D eigenvalue weighted by molar-refractivity contribution is 0.0182. The van der Waals surface area contributed by atoms with Crippen molar-refractivity contribution in [1.82, 2.24) is 9.80 Å². The molecule has 2 saturated heterocycles. The van der Waals surface area contributed by atoms with Gasteiger partial charge in [0.25, 0.3) is 0 Å². The maximum absolute atomic E-state index is 10.8. The van der Waals surface area contributed by atoms with Gasteiger partial charge in [0.1, 0.15) is 0 Å². The second-order valence-electron chi connectivity index (χ2n) is 4.50. The highest BCUT2D eigenvalue weighted by molar-refractivity contribution is 5.65. The molecule has 5 nitrogen and oxygen atoms in total. The predicted octanol–water partition coefficient (Wildman–Crippen LogP) is 0.0529. The van der Waals surface area contributed by atoms with Crippen molar-refractivity contribution < 1.29 is 15.0 Å². The second-order valence-corrected chi connectivity index (χ2v) is 4.50. The molecule has 0 radical (unpaired) electrons. The van der Waals surface area contributed by atoms with Crippen LogP contribution in [-0.4, -0.2) is 64.9 Å². The maximum Gasteiger partial charge on any atom is 0.407 e. The first-order chi connectivity index (χ1) is 7.20. The van der Waals surface area contributed by atoms with Gasteiger partial charge < -0.3 is 15.1 Å². The predicted molar refractivity (Wildman–Crippen MR) is 54.8 cm³/mol. The number of amides is 1. The van der Waals surface area contributed by atoms with Gasteiger partial charge in [-0.3, -0.25) is 4.90 Å². The number of hydrogen-bond donors (Lipinski definition) is 2. The maximum atomic E-state index is 10.8. The Morgan fingerprint density at radius 2 is 2.07 bits per heavy atom. The van der Waals surface area contributed by atoms with Gasteiger partial charge in [-0.25, -0.2) is 4.79 Å². The number of carbonyl (C=O) groups is 1. The molecule has 0 aromatic heterocycles. The van der Waals surface area contributed by atoms with Gasteiger partial charge >= 0.3 is 6.09 Å². The van der Waals surface area contributed by atoms with Crippen LogP contribution in [0.3, 0.4) is 0 Å². The van der Waals surface area contributed by atoms with Crippen LogP contribution in [0.1, 0.15) is 12.8 Å². The molecule has 0 aromatic rings. The Labute approximate surface area is 89.3 Å². The Bertz CT molecular complexity index is 247. The number of aliphatic hydroxyl groups excluding tert-OH is 1. The highest BCUT2D eigenvalue weighted by Crippen LogP contribution is 2.24. The number of piperazine rings is 1. The highest BCUT2D eigenvalue weighted by atomic mass is 16.4. The van der Waals surface area contributed by atoms with Gasteiger partial charge in [-0.05, 0) is 18.8 Å². The van der Waals surface area contributed by atoms with Crippen LogP contribution in [0.4, 0.5) is 4.79 Å². The molecule has 0 aliphatic carbocycles. The third kappa shape index (κ3) is 2.23. The van der Waals surface area contributed by atoms with Gasteiger partial charge in [-0.2, -0.15) is 0 Å². The molecule has 0 spiro atoms. The van der Waals surface area contributed by atoms with Gasteiger partial charge in [-0.15, -0.1) is 0 Å². The second kappa shape index (κ2) is 4.37. The molecule has 15 heavy (non-hydrogen) atoms. The van der Waals surface area contributed by atoms with Crippen LogP contribution in [-0.2, 0) is 0 Å². The Morgan fingerprint density at radius 3 is 2.73 bits per heavy atom. The van der Waals surface area contributed by atoms with Crippen molar-refractivity contribution in [3.8, 4) is 0 Å². The minimum Gasteiger partial charge on any atom is -0.465 e. The largest absolute Gasteiger partial charge is 0.465 e. The van der Waals surface area contributed by atoms with Crippen molar-refractivity contribution in [3.63, 3.8) is 0 Å². The topological polar surface area (TPSA) is 64.0 Å². The lowest BCUT2D eigenvalue weighted by atomic mass is 9.92. The molecule has 2 fully saturated rings. The van der Waals surface area contributed by atoms with Crippen LogP contribution in [0.2, 0.25) is 0 Å². The standard InChI is InChI=1S/C10H18N2O3/c13-7-8-1-2-9-6-12(10(14)15)4-3-11(9)5-8/h8-9,13H,1-7H2,(H,14,15). The van der Waals surface area contributed by atoms with Crippen LogP contribution < -0.4 is 0 Å². The molecule has 1 amide bonds. The van der Waals surface area contributed by atoms with Crippen LogP contribution in [0.15, 0.2) is 0 Å². The van der Waals surface area contributed by atoms with Gasteiger partial charge in [0.15, 0.2) is 0 Å². The summed E-state index contributed by atoms with van der Waals surface area (Å²) in [4.78, 5) is 14.6. The van der Waals surface area contributed by atoms with E-state index in [4.69, 9.17) is 10.2 Å². The van der Waals surface area contributed by atoms with Gasteiger partial charge in [0, 0.05) is 38.8 Å². The Hall–Kier alpha value is -0.810. The molecule has 2 aliphatic heterocycles.